The molecule has 1 aliphatic heterocycles. The maximum absolute atomic E-state index is 13.0. The molecule has 0 spiro atoms. The molecule has 1 aromatic heterocycles. The van der Waals surface area contributed by atoms with E-state index in [-0.39, 0.29) is 11.3 Å². The van der Waals surface area contributed by atoms with Crippen molar-refractivity contribution in [3.05, 3.63) is 30.6 Å². The standard InChI is InChI=1S/C18H23N5OS/c1-23-12-20-22-17(23)25-15-7-5-14(6-8-15)21-16(24)18-9-3-2-4-13(18)10-19-11-18/h5-8,12-13,19H,2-4,9-11H2,1H3,(H,21,24)/t13-,18+/m0/s1. The average molecular weight is 357 g/mol. The number of carbonyl (C=O) groups excluding carboxylic acids is 1. The summed E-state index contributed by atoms with van der Waals surface area (Å²) in [6, 6.07) is 7.96. The van der Waals surface area contributed by atoms with Gasteiger partial charge in [0.2, 0.25) is 5.91 Å². The number of benzene rings is 1. The van der Waals surface area contributed by atoms with E-state index in [2.05, 4.69) is 20.8 Å². The molecule has 2 fully saturated rings. The van der Waals surface area contributed by atoms with Crippen molar-refractivity contribution in [1.82, 2.24) is 20.1 Å². The second-order valence-corrected chi connectivity index (χ2v) is 8.08. The van der Waals surface area contributed by atoms with Crippen molar-refractivity contribution in [3.8, 4) is 0 Å². The van der Waals surface area contributed by atoms with Gasteiger partial charge < -0.3 is 15.2 Å². The van der Waals surface area contributed by atoms with Crippen molar-refractivity contribution in [2.45, 2.75) is 35.7 Å². The zero-order valence-corrected chi connectivity index (χ0v) is 15.2. The predicted molar refractivity (Wildman–Crippen MR) is 97.5 cm³/mol. The molecule has 0 radical (unpaired) electrons. The van der Waals surface area contributed by atoms with E-state index in [9.17, 15) is 4.79 Å². The third-order valence-electron chi connectivity index (χ3n) is 5.48. The molecule has 6 nitrogen and oxygen atoms in total. The van der Waals surface area contributed by atoms with Gasteiger partial charge in [-0.1, -0.05) is 12.8 Å². The van der Waals surface area contributed by atoms with E-state index in [1.165, 1.54) is 6.42 Å². The summed E-state index contributed by atoms with van der Waals surface area (Å²) in [6.07, 6.45) is 6.24. The molecule has 2 aliphatic rings. The summed E-state index contributed by atoms with van der Waals surface area (Å²) in [7, 11) is 1.92. The first-order chi connectivity index (χ1) is 12.2. The minimum Gasteiger partial charge on any atom is -0.326 e. The zero-order valence-electron chi connectivity index (χ0n) is 14.4. The number of aromatic nitrogens is 3. The fraction of sp³-hybridized carbons (Fsp3) is 0.500. The third kappa shape index (κ3) is 3.18. The number of nitrogens with zero attached hydrogens (tertiary/aromatic N) is 3. The van der Waals surface area contributed by atoms with Gasteiger partial charge in [0.1, 0.15) is 6.33 Å². The van der Waals surface area contributed by atoms with Crippen LogP contribution in [0.2, 0.25) is 0 Å². The second-order valence-electron chi connectivity index (χ2n) is 7.03. The molecule has 2 heterocycles. The Morgan fingerprint density at radius 3 is 2.96 bits per heavy atom. The number of anilines is 1. The van der Waals surface area contributed by atoms with Crippen LogP contribution in [0.25, 0.3) is 0 Å². The van der Waals surface area contributed by atoms with Crippen LogP contribution in [-0.2, 0) is 11.8 Å². The Bertz CT molecular complexity index is 759. The van der Waals surface area contributed by atoms with Crippen LogP contribution in [0, 0.1) is 11.3 Å². The lowest BCUT2D eigenvalue weighted by Crippen LogP contribution is -2.44. The first-order valence-corrected chi connectivity index (χ1v) is 9.63. The quantitative estimate of drug-likeness (QED) is 0.880. The highest BCUT2D eigenvalue weighted by molar-refractivity contribution is 7.99. The molecule has 1 saturated carbocycles. The molecular formula is C18H23N5OS. The van der Waals surface area contributed by atoms with Gasteiger partial charge >= 0.3 is 0 Å². The lowest BCUT2D eigenvalue weighted by molar-refractivity contribution is -0.128. The summed E-state index contributed by atoms with van der Waals surface area (Å²) in [5.41, 5.74) is 0.641. The van der Waals surface area contributed by atoms with Crippen LogP contribution in [0.5, 0.6) is 0 Å². The second kappa shape index (κ2) is 6.80. The first kappa shape index (κ1) is 16.6. The van der Waals surface area contributed by atoms with E-state index in [1.54, 1.807) is 18.1 Å². The minimum atomic E-state index is -0.218. The first-order valence-electron chi connectivity index (χ1n) is 8.81. The fourth-order valence-electron chi connectivity index (χ4n) is 4.02. The van der Waals surface area contributed by atoms with Crippen LogP contribution in [0.1, 0.15) is 25.7 Å². The zero-order chi connectivity index (χ0) is 17.3. The van der Waals surface area contributed by atoms with Gasteiger partial charge in [-0.3, -0.25) is 4.79 Å². The summed E-state index contributed by atoms with van der Waals surface area (Å²) < 4.78 is 1.88. The van der Waals surface area contributed by atoms with Crippen molar-refractivity contribution >= 4 is 23.4 Å². The van der Waals surface area contributed by atoms with E-state index >= 15 is 0 Å². The van der Waals surface area contributed by atoms with Crippen molar-refractivity contribution < 1.29 is 4.79 Å². The van der Waals surface area contributed by atoms with Crippen LogP contribution in [0.15, 0.2) is 40.6 Å². The fourth-order valence-corrected chi connectivity index (χ4v) is 4.78. The van der Waals surface area contributed by atoms with E-state index in [1.807, 2.05) is 35.9 Å². The van der Waals surface area contributed by atoms with Gasteiger partial charge in [-0.25, -0.2) is 0 Å². The topological polar surface area (TPSA) is 71.8 Å². The summed E-state index contributed by atoms with van der Waals surface area (Å²) >= 11 is 1.56. The summed E-state index contributed by atoms with van der Waals surface area (Å²) in [4.78, 5) is 14.1. The van der Waals surface area contributed by atoms with E-state index < -0.39 is 0 Å². The molecule has 1 amide bonds. The minimum absolute atomic E-state index is 0.177. The Balaban J connectivity index is 1.44. The summed E-state index contributed by atoms with van der Waals surface area (Å²) in [5.74, 6) is 0.655. The molecule has 4 rings (SSSR count). The number of carbonyl (C=O) groups is 1. The maximum atomic E-state index is 13.0. The predicted octanol–water partition coefficient (Wildman–Crippen LogP) is 2.68. The number of fused-ring (bicyclic) bond motifs is 1. The number of nitrogens with one attached hydrogen (secondary N) is 2. The Morgan fingerprint density at radius 1 is 1.36 bits per heavy atom. The van der Waals surface area contributed by atoms with Gasteiger partial charge in [0.15, 0.2) is 5.16 Å². The van der Waals surface area contributed by atoms with Crippen molar-refractivity contribution in [1.29, 1.82) is 0 Å². The van der Waals surface area contributed by atoms with Crippen LogP contribution in [-0.4, -0.2) is 33.8 Å². The highest BCUT2D eigenvalue weighted by atomic mass is 32.2. The van der Waals surface area contributed by atoms with Gasteiger partial charge in [-0.05, 0) is 61.3 Å². The number of rotatable bonds is 4. The molecule has 1 saturated heterocycles. The highest BCUT2D eigenvalue weighted by Crippen LogP contribution is 2.44. The molecule has 1 aliphatic carbocycles. The number of aryl methyl sites for hydroxylation is 1. The molecule has 2 atom stereocenters. The Labute approximate surface area is 151 Å². The average Bonchev–Trinajstić information content (AvgIpc) is 3.24. The lowest BCUT2D eigenvalue weighted by atomic mass is 9.67. The highest BCUT2D eigenvalue weighted by Gasteiger charge is 2.49. The van der Waals surface area contributed by atoms with Crippen LogP contribution in [0.4, 0.5) is 5.69 Å². The van der Waals surface area contributed by atoms with Crippen molar-refractivity contribution in [2.75, 3.05) is 18.4 Å². The van der Waals surface area contributed by atoms with E-state index in [0.29, 0.717) is 5.92 Å². The third-order valence-corrected chi connectivity index (χ3v) is 6.54. The summed E-state index contributed by atoms with van der Waals surface area (Å²) in [5, 5.41) is 15.4. The smallest absolute Gasteiger partial charge is 0.232 e. The largest absolute Gasteiger partial charge is 0.326 e. The molecule has 1 aromatic carbocycles. The number of amides is 1. The molecule has 2 aromatic rings. The Morgan fingerprint density at radius 2 is 2.20 bits per heavy atom. The Hall–Kier alpha value is -1.86. The Kier molecular flexibility index (Phi) is 4.52. The molecule has 7 heteroatoms. The molecule has 25 heavy (non-hydrogen) atoms. The molecule has 0 unspecified atom stereocenters. The van der Waals surface area contributed by atoms with Gasteiger partial charge in [0.25, 0.3) is 0 Å². The number of hydrogen-bond donors (Lipinski definition) is 2. The lowest BCUT2D eigenvalue weighted by Gasteiger charge is -2.37. The van der Waals surface area contributed by atoms with Crippen LogP contribution >= 0.6 is 11.8 Å². The van der Waals surface area contributed by atoms with E-state index in [4.69, 9.17) is 0 Å². The van der Waals surface area contributed by atoms with Crippen LogP contribution < -0.4 is 10.6 Å². The number of hydrogen-bond acceptors (Lipinski definition) is 5. The van der Waals surface area contributed by atoms with Gasteiger partial charge in [-0.15, -0.1) is 10.2 Å². The molecule has 132 valence electrons. The summed E-state index contributed by atoms with van der Waals surface area (Å²) in [6.45, 7) is 1.78. The molecular weight excluding hydrogens is 334 g/mol. The maximum Gasteiger partial charge on any atom is 0.232 e. The SMILES string of the molecule is Cn1cnnc1Sc1ccc(NC(=O)[C@@]23CCCC[C@H]2CNC3)cc1. The van der Waals surface area contributed by atoms with E-state index in [0.717, 1.165) is 48.1 Å². The van der Waals surface area contributed by atoms with Crippen LogP contribution in [0.3, 0.4) is 0 Å². The molecule has 2 N–H and O–H groups in total. The normalized spacial score (nSPS) is 25.6. The monoisotopic (exact) mass is 357 g/mol. The molecule has 0 bridgehead atoms. The van der Waals surface area contributed by atoms with Gasteiger partial charge in [0, 0.05) is 24.2 Å². The van der Waals surface area contributed by atoms with Crippen molar-refractivity contribution in [2.24, 2.45) is 18.4 Å². The van der Waals surface area contributed by atoms with Gasteiger partial charge in [-0.2, -0.15) is 0 Å². The van der Waals surface area contributed by atoms with Gasteiger partial charge in [0.05, 0.1) is 5.41 Å². The van der Waals surface area contributed by atoms with Crippen molar-refractivity contribution in [3.63, 3.8) is 0 Å².